The van der Waals surface area contributed by atoms with Crippen molar-refractivity contribution >= 4 is 0 Å². The minimum absolute atomic E-state index is 0.0333. The minimum Gasteiger partial charge on any atom is -0.396 e. The van der Waals surface area contributed by atoms with Crippen molar-refractivity contribution in [3.05, 3.63) is 33.1 Å². The Hall–Kier alpha value is -1.40. The van der Waals surface area contributed by atoms with Crippen molar-refractivity contribution in [2.45, 2.75) is 31.4 Å². The molecule has 1 aliphatic carbocycles. The summed E-state index contributed by atoms with van der Waals surface area (Å²) in [5, 5.41) is 18.8. The first kappa shape index (κ1) is 12.1. The molecule has 0 spiro atoms. The lowest BCUT2D eigenvalue weighted by molar-refractivity contribution is 0.0175. The first-order valence-corrected chi connectivity index (χ1v) is 5.72. The third-order valence-electron chi connectivity index (χ3n) is 3.41. The van der Waals surface area contributed by atoms with E-state index in [0.29, 0.717) is 19.3 Å². The van der Waals surface area contributed by atoms with Gasteiger partial charge >= 0.3 is 5.69 Å². The van der Waals surface area contributed by atoms with E-state index >= 15 is 0 Å². The van der Waals surface area contributed by atoms with E-state index in [1.54, 1.807) is 0 Å². The number of hydrogen-bond acceptors (Lipinski definition) is 4. The molecule has 1 aromatic heterocycles. The fraction of sp³-hybridized carbons (Fsp3) is 0.636. The van der Waals surface area contributed by atoms with Crippen LogP contribution in [0.2, 0.25) is 0 Å². The molecule has 6 nitrogen and oxygen atoms in total. The first-order chi connectivity index (χ1) is 8.11. The van der Waals surface area contributed by atoms with Crippen LogP contribution in [-0.4, -0.2) is 32.5 Å². The van der Waals surface area contributed by atoms with Gasteiger partial charge in [0, 0.05) is 30.8 Å². The fourth-order valence-electron chi connectivity index (χ4n) is 2.37. The molecular weight excluding hydrogens is 224 g/mol. The van der Waals surface area contributed by atoms with Gasteiger partial charge in [-0.3, -0.25) is 14.3 Å². The highest BCUT2D eigenvalue weighted by atomic mass is 16.3. The van der Waals surface area contributed by atoms with Crippen LogP contribution < -0.4 is 11.2 Å². The van der Waals surface area contributed by atoms with Gasteiger partial charge in [-0.05, 0) is 19.3 Å². The monoisotopic (exact) mass is 240 g/mol. The van der Waals surface area contributed by atoms with Gasteiger partial charge in [-0.1, -0.05) is 0 Å². The summed E-state index contributed by atoms with van der Waals surface area (Å²) in [6.45, 7) is -0.0333. The maximum Gasteiger partial charge on any atom is 0.328 e. The van der Waals surface area contributed by atoms with Crippen LogP contribution in [-0.2, 0) is 0 Å². The smallest absolute Gasteiger partial charge is 0.328 e. The van der Waals surface area contributed by atoms with Gasteiger partial charge in [0.1, 0.15) is 0 Å². The zero-order valence-electron chi connectivity index (χ0n) is 9.37. The summed E-state index contributed by atoms with van der Waals surface area (Å²) in [5.41, 5.74) is -0.868. The average molecular weight is 240 g/mol. The highest BCUT2D eigenvalue weighted by molar-refractivity contribution is 4.89. The molecule has 0 aliphatic heterocycles. The van der Waals surface area contributed by atoms with Crippen LogP contribution in [0, 0.1) is 5.92 Å². The van der Waals surface area contributed by atoms with E-state index in [1.165, 1.54) is 16.8 Å². The highest BCUT2D eigenvalue weighted by Gasteiger charge is 2.29. The number of aromatic nitrogens is 2. The molecule has 0 aromatic carbocycles. The van der Waals surface area contributed by atoms with Crippen molar-refractivity contribution in [2.24, 2.45) is 5.92 Å². The summed E-state index contributed by atoms with van der Waals surface area (Å²) in [4.78, 5) is 24.7. The van der Waals surface area contributed by atoms with Gasteiger partial charge in [-0.25, -0.2) is 4.79 Å². The molecule has 3 N–H and O–H groups in total. The molecule has 2 rings (SSSR count). The SMILES string of the molecule is O=c1ccn([C@@H]2CC[C@@H](CO)[C@H](O)C2)c(=O)[nH]1. The van der Waals surface area contributed by atoms with E-state index in [4.69, 9.17) is 5.11 Å². The van der Waals surface area contributed by atoms with Crippen LogP contribution in [0.4, 0.5) is 0 Å². The topological polar surface area (TPSA) is 95.3 Å². The fourth-order valence-corrected chi connectivity index (χ4v) is 2.37. The third-order valence-corrected chi connectivity index (χ3v) is 3.41. The zero-order chi connectivity index (χ0) is 12.4. The Kier molecular flexibility index (Phi) is 3.44. The Labute approximate surface area is 97.5 Å². The molecule has 0 bridgehead atoms. The molecule has 0 radical (unpaired) electrons. The zero-order valence-corrected chi connectivity index (χ0v) is 9.37. The lowest BCUT2D eigenvalue weighted by Crippen LogP contribution is -2.38. The van der Waals surface area contributed by atoms with Crippen molar-refractivity contribution in [3.8, 4) is 0 Å². The van der Waals surface area contributed by atoms with Gasteiger partial charge in [0.25, 0.3) is 5.56 Å². The normalized spacial score (nSPS) is 29.2. The predicted octanol–water partition coefficient (Wildman–Crippen LogP) is -0.769. The van der Waals surface area contributed by atoms with Gasteiger partial charge in [0.15, 0.2) is 0 Å². The largest absolute Gasteiger partial charge is 0.396 e. The first-order valence-electron chi connectivity index (χ1n) is 5.72. The van der Waals surface area contributed by atoms with E-state index in [-0.39, 0.29) is 18.6 Å². The molecule has 0 saturated heterocycles. The summed E-state index contributed by atoms with van der Waals surface area (Å²) in [5.74, 6) is -0.107. The van der Waals surface area contributed by atoms with Gasteiger partial charge in [0.2, 0.25) is 0 Å². The Balaban J connectivity index is 2.19. The molecule has 1 aromatic rings. The summed E-state index contributed by atoms with van der Waals surface area (Å²) in [6, 6.07) is 1.18. The molecule has 6 heteroatoms. The van der Waals surface area contributed by atoms with Gasteiger partial charge in [0.05, 0.1) is 6.10 Å². The van der Waals surface area contributed by atoms with Crippen molar-refractivity contribution in [1.29, 1.82) is 0 Å². The summed E-state index contributed by atoms with van der Waals surface area (Å²) < 4.78 is 1.44. The molecule has 1 fully saturated rings. The average Bonchev–Trinajstić information content (AvgIpc) is 2.29. The van der Waals surface area contributed by atoms with Crippen molar-refractivity contribution in [1.82, 2.24) is 9.55 Å². The van der Waals surface area contributed by atoms with Crippen LogP contribution in [0.25, 0.3) is 0 Å². The Morgan fingerprint density at radius 3 is 2.76 bits per heavy atom. The second kappa shape index (κ2) is 4.85. The lowest BCUT2D eigenvalue weighted by atomic mass is 9.84. The predicted molar refractivity (Wildman–Crippen MR) is 60.8 cm³/mol. The second-order valence-corrected chi connectivity index (χ2v) is 4.49. The summed E-state index contributed by atoms with van der Waals surface area (Å²) >= 11 is 0. The molecule has 1 heterocycles. The number of aliphatic hydroxyl groups is 2. The minimum atomic E-state index is -0.599. The molecule has 1 saturated carbocycles. The standard InChI is InChI=1S/C11H16N2O4/c14-6-7-1-2-8(5-9(7)15)13-4-3-10(16)12-11(13)17/h3-4,7-9,14-15H,1-2,5-6H2,(H,12,16,17)/t7-,8+,9+/m0/s1. The molecule has 0 amide bonds. The maximum absolute atomic E-state index is 11.6. The lowest BCUT2D eigenvalue weighted by Gasteiger charge is -2.32. The molecule has 17 heavy (non-hydrogen) atoms. The number of aliphatic hydroxyl groups excluding tert-OH is 2. The van der Waals surface area contributed by atoms with Crippen LogP contribution in [0.3, 0.4) is 0 Å². The van der Waals surface area contributed by atoms with Gasteiger partial charge in [-0.2, -0.15) is 0 Å². The number of H-pyrrole nitrogens is 1. The van der Waals surface area contributed by atoms with E-state index in [0.717, 1.165) is 0 Å². The van der Waals surface area contributed by atoms with Crippen LogP contribution in [0.5, 0.6) is 0 Å². The van der Waals surface area contributed by atoms with Crippen molar-refractivity contribution in [3.63, 3.8) is 0 Å². The Morgan fingerprint density at radius 1 is 1.41 bits per heavy atom. The maximum atomic E-state index is 11.6. The molecule has 94 valence electrons. The van der Waals surface area contributed by atoms with Crippen LogP contribution >= 0.6 is 0 Å². The molecule has 1 aliphatic rings. The Morgan fingerprint density at radius 2 is 2.18 bits per heavy atom. The number of nitrogens with zero attached hydrogens (tertiary/aromatic N) is 1. The highest BCUT2D eigenvalue weighted by Crippen LogP contribution is 2.31. The van der Waals surface area contributed by atoms with Gasteiger partial charge < -0.3 is 10.2 Å². The van der Waals surface area contributed by atoms with E-state index < -0.39 is 17.4 Å². The molecule has 0 unspecified atom stereocenters. The second-order valence-electron chi connectivity index (χ2n) is 4.49. The molecular formula is C11H16N2O4. The van der Waals surface area contributed by atoms with E-state index in [9.17, 15) is 14.7 Å². The van der Waals surface area contributed by atoms with Crippen molar-refractivity contribution < 1.29 is 10.2 Å². The van der Waals surface area contributed by atoms with Crippen molar-refractivity contribution in [2.75, 3.05) is 6.61 Å². The quantitative estimate of drug-likeness (QED) is 0.632. The molecule has 3 atom stereocenters. The third kappa shape index (κ3) is 2.48. The summed E-state index contributed by atoms with van der Waals surface area (Å²) in [6.07, 6.45) is 2.68. The van der Waals surface area contributed by atoms with Crippen LogP contribution in [0.15, 0.2) is 21.9 Å². The van der Waals surface area contributed by atoms with Crippen LogP contribution in [0.1, 0.15) is 25.3 Å². The number of aromatic amines is 1. The number of rotatable bonds is 2. The van der Waals surface area contributed by atoms with Gasteiger partial charge in [-0.15, -0.1) is 0 Å². The number of nitrogens with one attached hydrogen (secondary N) is 1. The Bertz CT molecular complexity index is 493. The van der Waals surface area contributed by atoms with E-state index in [2.05, 4.69) is 4.98 Å². The number of hydrogen-bond donors (Lipinski definition) is 3. The summed E-state index contributed by atoms with van der Waals surface area (Å²) in [7, 11) is 0. The van der Waals surface area contributed by atoms with E-state index in [1.807, 2.05) is 0 Å².